The first kappa shape index (κ1) is 13.3. The van der Waals surface area contributed by atoms with Crippen LogP contribution in [0.4, 0.5) is 0 Å². The second kappa shape index (κ2) is 6.14. The molecule has 1 aromatic rings. The molecule has 2 rings (SSSR count). The Labute approximate surface area is 110 Å². The number of hydrogen-bond donors (Lipinski definition) is 0. The monoisotopic (exact) mass is 245 g/mol. The lowest BCUT2D eigenvalue weighted by atomic mass is 10.0. The summed E-state index contributed by atoms with van der Waals surface area (Å²) in [6.45, 7) is 6.77. The maximum absolute atomic E-state index is 12.0. The molecule has 0 spiro atoms. The van der Waals surface area contributed by atoms with E-state index in [0.717, 1.165) is 32.4 Å². The number of Topliss-reactive ketones (excluding diaryl/α,β-unsaturated/α-hetero) is 1. The molecule has 2 heteroatoms. The zero-order valence-corrected chi connectivity index (χ0v) is 11.5. The van der Waals surface area contributed by atoms with Crippen molar-refractivity contribution in [3.05, 3.63) is 35.4 Å². The summed E-state index contributed by atoms with van der Waals surface area (Å²) in [7, 11) is 0. The summed E-state index contributed by atoms with van der Waals surface area (Å²) in [6.07, 6.45) is 3.10. The third-order valence-corrected chi connectivity index (χ3v) is 4.05. The number of rotatable bonds is 4. The molecule has 0 saturated heterocycles. The zero-order chi connectivity index (χ0) is 13.0. The first-order chi connectivity index (χ1) is 8.70. The van der Waals surface area contributed by atoms with Crippen LogP contribution < -0.4 is 0 Å². The van der Waals surface area contributed by atoms with Gasteiger partial charge in [-0.05, 0) is 30.4 Å². The van der Waals surface area contributed by atoms with Crippen molar-refractivity contribution in [2.45, 2.75) is 33.1 Å². The molecule has 0 bridgehead atoms. The first-order valence-corrected chi connectivity index (χ1v) is 7.02. The van der Waals surface area contributed by atoms with E-state index in [-0.39, 0.29) is 5.92 Å². The molecule has 1 aliphatic rings. The number of fused-ring (bicyclic) bond motifs is 1. The average Bonchev–Trinajstić information content (AvgIpc) is 2.61. The van der Waals surface area contributed by atoms with Crippen molar-refractivity contribution in [2.75, 3.05) is 19.6 Å². The summed E-state index contributed by atoms with van der Waals surface area (Å²) in [6, 6.07) is 8.66. The predicted octanol–water partition coefficient (Wildman–Crippen LogP) is 2.70. The summed E-state index contributed by atoms with van der Waals surface area (Å²) in [5, 5.41) is 0. The molecule has 98 valence electrons. The highest BCUT2D eigenvalue weighted by atomic mass is 16.1. The van der Waals surface area contributed by atoms with Crippen LogP contribution in [0.25, 0.3) is 0 Å². The minimum atomic E-state index is 0.204. The van der Waals surface area contributed by atoms with Crippen molar-refractivity contribution in [1.29, 1.82) is 0 Å². The van der Waals surface area contributed by atoms with Gasteiger partial charge in [-0.2, -0.15) is 0 Å². The molecular weight excluding hydrogens is 222 g/mol. The summed E-state index contributed by atoms with van der Waals surface area (Å²) in [5.74, 6) is 0.596. The SMILES string of the molecule is CCC(C)C(=O)CN1CCc2ccccc2CC1. The Kier molecular flexibility index (Phi) is 4.54. The largest absolute Gasteiger partial charge is 0.298 e. The van der Waals surface area contributed by atoms with E-state index in [1.807, 2.05) is 6.92 Å². The standard InChI is InChI=1S/C16H23NO/c1-3-13(2)16(18)12-17-10-8-14-6-4-5-7-15(14)9-11-17/h4-7,13H,3,8-12H2,1-2H3. The van der Waals surface area contributed by atoms with Gasteiger partial charge in [-0.25, -0.2) is 0 Å². The summed E-state index contributed by atoms with van der Waals surface area (Å²) in [4.78, 5) is 14.3. The molecule has 1 aromatic carbocycles. The highest BCUT2D eigenvalue weighted by Crippen LogP contribution is 2.16. The predicted molar refractivity (Wildman–Crippen MR) is 74.8 cm³/mol. The molecule has 0 radical (unpaired) electrons. The fourth-order valence-corrected chi connectivity index (χ4v) is 2.48. The summed E-state index contributed by atoms with van der Waals surface area (Å²) < 4.78 is 0. The van der Waals surface area contributed by atoms with Crippen molar-refractivity contribution >= 4 is 5.78 Å². The van der Waals surface area contributed by atoms with Gasteiger partial charge in [-0.15, -0.1) is 0 Å². The van der Waals surface area contributed by atoms with E-state index < -0.39 is 0 Å². The van der Waals surface area contributed by atoms with E-state index in [4.69, 9.17) is 0 Å². The smallest absolute Gasteiger partial charge is 0.149 e. The van der Waals surface area contributed by atoms with Gasteiger partial charge in [0.2, 0.25) is 0 Å². The summed E-state index contributed by atoms with van der Waals surface area (Å²) >= 11 is 0. The molecule has 0 saturated carbocycles. The van der Waals surface area contributed by atoms with Crippen molar-refractivity contribution in [1.82, 2.24) is 4.90 Å². The molecule has 18 heavy (non-hydrogen) atoms. The van der Waals surface area contributed by atoms with Gasteiger partial charge in [0.15, 0.2) is 0 Å². The third-order valence-electron chi connectivity index (χ3n) is 4.05. The van der Waals surface area contributed by atoms with Gasteiger partial charge in [0.05, 0.1) is 6.54 Å². The Balaban J connectivity index is 1.94. The maximum Gasteiger partial charge on any atom is 0.149 e. The average molecular weight is 245 g/mol. The number of benzene rings is 1. The van der Waals surface area contributed by atoms with Gasteiger partial charge < -0.3 is 0 Å². The van der Waals surface area contributed by atoms with Gasteiger partial charge in [-0.3, -0.25) is 9.69 Å². The van der Waals surface area contributed by atoms with Crippen LogP contribution in [-0.2, 0) is 17.6 Å². The van der Waals surface area contributed by atoms with Gasteiger partial charge in [-0.1, -0.05) is 38.1 Å². The van der Waals surface area contributed by atoms with Gasteiger partial charge >= 0.3 is 0 Å². The number of ketones is 1. The second-order valence-electron chi connectivity index (χ2n) is 5.32. The summed E-state index contributed by atoms with van der Waals surface area (Å²) in [5.41, 5.74) is 2.91. The number of carbonyl (C=O) groups is 1. The number of hydrogen-bond acceptors (Lipinski definition) is 2. The lowest BCUT2D eigenvalue weighted by molar-refractivity contribution is -0.123. The Hall–Kier alpha value is -1.15. The molecule has 2 nitrogen and oxygen atoms in total. The van der Waals surface area contributed by atoms with E-state index >= 15 is 0 Å². The molecule has 0 amide bonds. The van der Waals surface area contributed by atoms with Gasteiger partial charge in [0.25, 0.3) is 0 Å². The topological polar surface area (TPSA) is 20.3 Å². The fourth-order valence-electron chi connectivity index (χ4n) is 2.48. The van der Waals surface area contributed by atoms with Crippen molar-refractivity contribution in [2.24, 2.45) is 5.92 Å². The molecular formula is C16H23NO. The van der Waals surface area contributed by atoms with Crippen molar-refractivity contribution < 1.29 is 4.79 Å². The van der Waals surface area contributed by atoms with Crippen LogP contribution in [-0.4, -0.2) is 30.3 Å². The quantitative estimate of drug-likeness (QED) is 0.813. The van der Waals surface area contributed by atoms with Crippen molar-refractivity contribution in [3.63, 3.8) is 0 Å². The normalized spacial score (nSPS) is 17.9. The van der Waals surface area contributed by atoms with E-state index in [9.17, 15) is 4.79 Å². The van der Waals surface area contributed by atoms with Gasteiger partial charge in [0.1, 0.15) is 5.78 Å². The number of nitrogens with zero attached hydrogens (tertiary/aromatic N) is 1. The second-order valence-corrected chi connectivity index (χ2v) is 5.32. The fraction of sp³-hybridized carbons (Fsp3) is 0.562. The molecule has 0 aliphatic carbocycles. The molecule has 1 heterocycles. The van der Waals surface area contributed by atoms with E-state index in [0.29, 0.717) is 12.3 Å². The van der Waals surface area contributed by atoms with E-state index in [2.05, 4.69) is 36.1 Å². The van der Waals surface area contributed by atoms with Gasteiger partial charge in [0, 0.05) is 19.0 Å². The van der Waals surface area contributed by atoms with Crippen LogP contribution in [0.1, 0.15) is 31.4 Å². The molecule has 1 unspecified atom stereocenters. The molecule has 1 atom stereocenters. The lowest BCUT2D eigenvalue weighted by Crippen LogP contribution is -2.34. The molecule has 1 aliphatic heterocycles. The highest BCUT2D eigenvalue weighted by Gasteiger charge is 2.18. The highest BCUT2D eigenvalue weighted by molar-refractivity contribution is 5.82. The van der Waals surface area contributed by atoms with Crippen LogP contribution in [0.15, 0.2) is 24.3 Å². The zero-order valence-electron chi connectivity index (χ0n) is 11.5. The Morgan fingerprint density at radius 1 is 1.22 bits per heavy atom. The lowest BCUT2D eigenvalue weighted by Gasteiger charge is -2.20. The molecule has 0 aromatic heterocycles. The third kappa shape index (κ3) is 3.20. The van der Waals surface area contributed by atoms with E-state index in [1.54, 1.807) is 0 Å². The van der Waals surface area contributed by atoms with Crippen LogP contribution >= 0.6 is 0 Å². The van der Waals surface area contributed by atoms with E-state index in [1.165, 1.54) is 11.1 Å². The van der Waals surface area contributed by atoms with Crippen LogP contribution in [0.5, 0.6) is 0 Å². The van der Waals surface area contributed by atoms with Crippen LogP contribution in [0, 0.1) is 5.92 Å². The Morgan fingerprint density at radius 3 is 2.28 bits per heavy atom. The van der Waals surface area contributed by atoms with Crippen LogP contribution in [0.3, 0.4) is 0 Å². The minimum absolute atomic E-state index is 0.204. The molecule has 0 N–H and O–H groups in total. The Bertz CT molecular complexity index is 386. The number of carbonyl (C=O) groups excluding carboxylic acids is 1. The first-order valence-electron chi connectivity index (χ1n) is 7.02. The van der Waals surface area contributed by atoms with Crippen LogP contribution in [0.2, 0.25) is 0 Å². The molecule has 0 fully saturated rings. The maximum atomic E-state index is 12.0. The minimum Gasteiger partial charge on any atom is -0.298 e. The van der Waals surface area contributed by atoms with Crippen molar-refractivity contribution in [3.8, 4) is 0 Å². The Morgan fingerprint density at radius 2 is 1.78 bits per heavy atom.